The van der Waals surface area contributed by atoms with Crippen LogP contribution in [0.25, 0.3) is 0 Å². The Bertz CT molecular complexity index is 316. The minimum atomic E-state index is -0.637. The zero-order chi connectivity index (χ0) is 14.8. The first-order chi connectivity index (χ1) is 8.96. The smallest absolute Gasteiger partial charge is 0.325 e. The SMILES string of the molecule is CCOC(=O)CNC(=O)NC(C)C(=O)N(CC)CC. The topological polar surface area (TPSA) is 87.7 Å². The second-order valence-electron chi connectivity index (χ2n) is 3.86. The molecule has 0 aliphatic heterocycles. The number of ether oxygens (including phenoxy) is 1. The third kappa shape index (κ3) is 6.64. The number of urea groups is 1. The van der Waals surface area contributed by atoms with Crippen LogP contribution in [-0.2, 0) is 14.3 Å². The van der Waals surface area contributed by atoms with E-state index in [4.69, 9.17) is 0 Å². The van der Waals surface area contributed by atoms with Gasteiger partial charge in [0.15, 0.2) is 0 Å². The molecule has 0 aliphatic rings. The van der Waals surface area contributed by atoms with Crippen LogP contribution in [0.3, 0.4) is 0 Å². The minimum absolute atomic E-state index is 0.156. The Morgan fingerprint density at radius 3 is 2.21 bits per heavy atom. The highest BCUT2D eigenvalue weighted by Crippen LogP contribution is 1.94. The van der Waals surface area contributed by atoms with Crippen LogP contribution in [0.2, 0.25) is 0 Å². The van der Waals surface area contributed by atoms with E-state index in [1.54, 1.807) is 18.7 Å². The number of hydrogen-bond acceptors (Lipinski definition) is 4. The molecule has 0 rings (SSSR count). The average Bonchev–Trinajstić information content (AvgIpc) is 2.38. The van der Waals surface area contributed by atoms with E-state index in [1.165, 1.54) is 0 Å². The lowest BCUT2D eigenvalue weighted by atomic mass is 10.3. The number of nitrogens with zero attached hydrogens (tertiary/aromatic N) is 1. The molecule has 7 nitrogen and oxygen atoms in total. The Morgan fingerprint density at radius 2 is 1.74 bits per heavy atom. The molecule has 0 spiro atoms. The molecule has 1 atom stereocenters. The second kappa shape index (κ2) is 9.18. The van der Waals surface area contributed by atoms with Gasteiger partial charge in [-0.2, -0.15) is 0 Å². The molecule has 0 fully saturated rings. The van der Waals surface area contributed by atoms with E-state index in [1.807, 2.05) is 13.8 Å². The Hall–Kier alpha value is -1.79. The number of carbonyl (C=O) groups excluding carboxylic acids is 3. The van der Waals surface area contributed by atoms with Gasteiger partial charge in [0, 0.05) is 13.1 Å². The zero-order valence-corrected chi connectivity index (χ0v) is 12.0. The summed E-state index contributed by atoms with van der Waals surface area (Å²) in [6.07, 6.45) is 0. The van der Waals surface area contributed by atoms with E-state index in [0.29, 0.717) is 13.1 Å². The van der Waals surface area contributed by atoms with Gasteiger partial charge in [-0.05, 0) is 27.7 Å². The third-order valence-electron chi connectivity index (χ3n) is 2.49. The maximum atomic E-state index is 11.9. The summed E-state index contributed by atoms with van der Waals surface area (Å²) in [5.74, 6) is -0.670. The summed E-state index contributed by atoms with van der Waals surface area (Å²) in [6, 6.07) is -1.21. The predicted octanol–water partition coefficient (Wildman–Crippen LogP) is 0.106. The van der Waals surface area contributed by atoms with Crippen LogP contribution in [0.5, 0.6) is 0 Å². The first-order valence-electron chi connectivity index (χ1n) is 6.44. The Labute approximate surface area is 113 Å². The van der Waals surface area contributed by atoms with Crippen molar-refractivity contribution in [2.24, 2.45) is 0 Å². The van der Waals surface area contributed by atoms with E-state index in [2.05, 4.69) is 15.4 Å². The van der Waals surface area contributed by atoms with Crippen LogP contribution in [0.4, 0.5) is 4.79 Å². The predicted molar refractivity (Wildman–Crippen MR) is 70.6 cm³/mol. The van der Waals surface area contributed by atoms with Crippen molar-refractivity contribution >= 4 is 17.9 Å². The summed E-state index contributed by atoms with van der Waals surface area (Å²) in [5, 5.41) is 4.81. The Balaban J connectivity index is 4.11. The van der Waals surface area contributed by atoms with E-state index in [-0.39, 0.29) is 19.1 Å². The van der Waals surface area contributed by atoms with Crippen LogP contribution in [-0.4, -0.2) is 55.1 Å². The lowest BCUT2D eigenvalue weighted by molar-refractivity contribution is -0.141. The van der Waals surface area contributed by atoms with Crippen molar-refractivity contribution in [1.29, 1.82) is 0 Å². The summed E-state index contributed by atoms with van der Waals surface area (Å²) < 4.78 is 4.66. The van der Waals surface area contributed by atoms with Crippen LogP contribution < -0.4 is 10.6 Å². The molecule has 110 valence electrons. The average molecular weight is 273 g/mol. The van der Waals surface area contributed by atoms with Gasteiger partial charge in [0.1, 0.15) is 12.6 Å². The summed E-state index contributed by atoms with van der Waals surface area (Å²) in [7, 11) is 0. The molecule has 0 saturated carbocycles. The molecule has 1 unspecified atom stereocenters. The fourth-order valence-electron chi connectivity index (χ4n) is 1.48. The number of nitrogens with one attached hydrogen (secondary N) is 2. The fraction of sp³-hybridized carbons (Fsp3) is 0.750. The molecule has 0 saturated heterocycles. The molecule has 0 radical (unpaired) electrons. The highest BCUT2D eigenvalue weighted by Gasteiger charge is 2.19. The van der Waals surface area contributed by atoms with E-state index < -0.39 is 18.0 Å². The standard InChI is InChI=1S/C12H23N3O4/c1-5-15(6-2)11(17)9(4)14-12(18)13-8-10(16)19-7-3/h9H,5-8H2,1-4H3,(H2,13,14,18). The molecule has 3 amide bonds. The maximum absolute atomic E-state index is 11.9. The quantitative estimate of drug-likeness (QED) is 0.644. The third-order valence-corrected chi connectivity index (χ3v) is 2.49. The lowest BCUT2D eigenvalue weighted by Gasteiger charge is -2.23. The van der Waals surface area contributed by atoms with Gasteiger partial charge in [0.25, 0.3) is 0 Å². The van der Waals surface area contributed by atoms with Crippen molar-refractivity contribution < 1.29 is 19.1 Å². The molecule has 2 N–H and O–H groups in total. The molecule has 19 heavy (non-hydrogen) atoms. The van der Waals surface area contributed by atoms with Gasteiger partial charge in [0.05, 0.1) is 6.61 Å². The number of amides is 3. The first kappa shape index (κ1) is 17.2. The molecule has 0 aromatic heterocycles. The molecule has 0 aromatic carbocycles. The van der Waals surface area contributed by atoms with Crippen molar-refractivity contribution in [3.63, 3.8) is 0 Å². The van der Waals surface area contributed by atoms with E-state index >= 15 is 0 Å². The Morgan fingerprint density at radius 1 is 1.16 bits per heavy atom. The van der Waals surface area contributed by atoms with Crippen molar-refractivity contribution in [1.82, 2.24) is 15.5 Å². The number of hydrogen-bond donors (Lipinski definition) is 2. The van der Waals surface area contributed by atoms with Crippen molar-refractivity contribution in [3.05, 3.63) is 0 Å². The molecule has 0 aliphatic carbocycles. The van der Waals surface area contributed by atoms with Crippen LogP contribution in [0.1, 0.15) is 27.7 Å². The molecular weight excluding hydrogens is 250 g/mol. The molecule has 0 bridgehead atoms. The summed E-state index contributed by atoms with van der Waals surface area (Å²) in [4.78, 5) is 36.0. The van der Waals surface area contributed by atoms with Gasteiger partial charge < -0.3 is 20.3 Å². The molecule has 0 aromatic rings. The van der Waals surface area contributed by atoms with E-state index in [0.717, 1.165) is 0 Å². The minimum Gasteiger partial charge on any atom is -0.465 e. The van der Waals surface area contributed by atoms with Gasteiger partial charge >= 0.3 is 12.0 Å². The molecule has 0 heterocycles. The normalized spacial score (nSPS) is 11.4. The number of likely N-dealkylation sites (N-methyl/N-ethyl adjacent to an activating group) is 1. The van der Waals surface area contributed by atoms with Crippen LogP contribution in [0.15, 0.2) is 0 Å². The van der Waals surface area contributed by atoms with E-state index in [9.17, 15) is 14.4 Å². The highest BCUT2D eigenvalue weighted by atomic mass is 16.5. The van der Waals surface area contributed by atoms with Crippen LogP contribution in [0, 0.1) is 0 Å². The van der Waals surface area contributed by atoms with Crippen LogP contribution >= 0.6 is 0 Å². The number of carbonyl (C=O) groups is 3. The van der Waals surface area contributed by atoms with Crippen molar-refractivity contribution in [3.8, 4) is 0 Å². The second-order valence-corrected chi connectivity index (χ2v) is 3.86. The fourth-order valence-corrected chi connectivity index (χ4v) is 1.48. The monoisotopic (exact) mass is 273 g/mol. The molecular formula is C12H23N3O4. The summed E-state index contributed by atoms with van der Waals surface area (Å²) in [6.45, 7) is 8.25. The van der Waals surface area contributed by atoms with Crippen molar-refractivity contribution in [2.45, 2.75) is 33.7 Å². The van der Waals surface area contributed by atoms with Gasteiger partial charge in [-0.25, -0.2) is 4.79 Å². The highest BCUT2D eigenvalue weighted by molar-refractivity contribution is 5.87. The maximum Gasteiger partial charge on any atom is 0.325 e. The van der Waals surface area contributed by atoms with Gasteiger partial charge in [-0.3, -0.25) is 9.59 Å². The number of esters is 1. The largest absolute Gasteiger partial charge is 0.465 e. The van der Waals surface area contributed by atoms with Gasteiger partial charge in [-0.15, -0.1) is 0 Å². The molecule has 7 heteroatoms. The first-order valence-corrected chi connectivity index (χ1v) is 6.44. The Kier molecular flexibility index (Phi) is 8.32. The number of rotatable bonds is 7. The summed E-state index contributed by atoms with van der Waals surface area (Å²) in [5.41, 5.74) is 0. The van der Waals surface area contributed by atoms with Gasteiger partial charge in [-0.1, -0.05) is 0 Å². The van der Waals surface area contributed by atoms with Crippen molar-refractivity contribution in [2.75, 3.05) is 26.2 Å². The zero-order valence-electron chi connectivity index (χ0n) is 12.0. The lowest BCUT2D eigenvalue weighted by Crippen LogP contribution is -2.50. The summed E-state index contributed by atoms with van der Waals surface area (Å²) >= 11 is 0. The van der Waals surface area contributed by atoms with Gasteiger partial charge in [0.2, 0.25) is 5.91 Å².